The Morgan fingerprint density at radius 1 is 1.24 bits per heavy atom. The van der Waals surface area contributed by atoms with Crippen LogP contribution in [0.15, 0.2) is 17.5 Å². The van der Waals surface area contributed by atoms with E-state index in [9.17, 15) is 4.79 Å². The first-order valence-electron chi connectivity index (χ1n) is 6.47. The third kappa shape index (κ3) is 3.72. The fraction of sp³-hybridized carbons (Fsp3) is 0.333. The molecule has 21 heavy (non-hydrogen) atoms. The largest absolute Gasteiger partial charge is 0.496 e. The minimum Gasteiger partial charge on any atom is -0.496 e. The molecule has 6 heteroatoms. The molecule has 1 N–H and O–H groups in total. The predicted octanol–water partition coefficient (Wildman–Crippen LogP) is 2.96. The summed E-state index contributed by atoms with van der Waals surface area (Å²) in [6.07, 6.45) is 0.207. The summed E-state index contributed by atoms with van der Waals surface area (Å²) in [7, 11) is 3.20. The maximum atomic E-state index is 12.1. The number of aromatic nitrogens is 1. The number of hydrogen-bond donors (Lipinski definition) is 1. The lowest BCUT2D eigenvalue weighted by molar-refractivity contribution is -0.115. The summed E-state index contributed by atoms with van der Waals surface area (Å²) < 4.78 is 10.6. The van der Waals surface area contributed by atoms with Gasteiger partial charge in [0.2, 0.25) is 5.91 Å². The summed E-state index contributed by atoms with van der Waals surface area (Å²) in [4.78, 5) is 16.3. The molecule has 2 aromatic rings. The quantitative estimate of drug-likeness (QED) is 0.922. The molecule has 0 saturated heterocycles. The van der Waals surface area contributed by atoms with Gasteiger partial charge in [-0.1, -0.05) is 0 Å². The van der Waals surface area contributed by atoms with Crippen molar-refractivity contribution in [3.05, 3.63) is 34.3 Å². The van der Waals surface area contributed by atoms with Crippen LogP contribution >= 0.6 is 11.3 Å². The van der Waals surface area contributed by atoms with Crippen LogP contribution in [0.25, 0.3) is 0 Å². The molecule has 0 unspecified atom stereocenters. The van der Waals surface area contributed by atoms with E-state index in [1.807, 2.05) is 31.4 Å². The van der Waals surface area contributed by atoms with Crippen LogP contribution in [0.2, 0.25) is 0 Å². The molecular formula is C15H18N2O3S. The summed E-state index contributed by atoms with van der Waals surface area (Å²) in [6.45, 7) is 3.82. The number of hydrogen-bond acceptors (Lipinski definition) is 5. The second-order valence-electron chi connectivity index (χ2n) is 4.65. The molecule has 1 heterocycles. The van der Waals surface area contributed by atoms with Gasteiger partial charge < -0.3 is 14.8 Å². The Balaban J connectivity index is 2.16. The summed E-state index contributed by atoms with van der Waals surface area (Å²) in [6, 6.07) is 3.70. The Bertz CT molecular complexity index is 652. The predicted molar refractivity (Wildman–Crippen MR) is 83.5 cm³/mol. The number of methoxy groups -OCH3 is 2. The number of ether oxygens (including phenoxy) is 2. The molecule has 5 nitrogen and oxygen atoms in total. The topological polar surface area (TPSA) is 60.5 Å². The van der Waals surface area contributed by atoms with E-state index in [2.05, 4.69) is 10.3 Å². The second-order valence-corrected chi connectivity index (χ2v) is 5.51. The van der Waals surface area contributed by atoms with E-state index in [0.29, 0.717) is 10.9 Å². The van der Waals surface area contributed by atoms with Gasteiger partial charge in [-0.05, 0) is 31.5 Å². The molecule has 1 aromatic carbocycles. The van der Waals surface area contributed by atoms with Crippen LogP contribution in [0.3, 0.4) is 0 Å². The van der Waals surface area contributed by atoms with Gasteiger partial charge >= 0.3 is 0 Å². The number of carbonyl (C=O) groups excluding carboxylic acids is 1. The molecule has 2 rings (SSSR count). The molecular weight excluding hydrogens is 288 g/mol. The van der Waals surface area contributed by atoms with Gasteiger partial charge in [-0.15, -0.1) is 11.3 Å². The third-order valence-electron chi connectivity index (χ3n) is 3.01. The number of nitrogens with zero attached hydrogens (tertiary/aromatic N) is 1. The average molecular weight is 306 g/mol. The van der Waals surface area contributed by atoms with Crippen molar-refractivity contribution >= 4 is 22.4 Å². The highest BCUT2D eigenvalue weighted by Crippen LogP contribution is 2.28. The smallest absolute Gasteiger partial charge is 0.230 e. The van der Waals surface area contributed by atoms with Crippen molar-refractivity contribution in [3.8, 4) is 11.5 Å². The fourth-order valence-corrected chi connectivity index (χ4v) is 2.70. The number of nitrogens with one attached hydrogen (secondary N) is 1. The van der Waals surface area contributed by atoms with E-state index in [1.165, 1.54) is 11.3 Å². The zero-order valence-electron chi connectivity index (χ0n) is 12.5. The maximum absolute atomic E-state index is 12.1. The minimum atomic E-state index is -0.131. The van der Waals surface area contributed by atoms with Crippen molar-refractivity contribution in [1.82, 2.24) is 4.98 Å². The summed E-state index contributed by atoms with van der Waals surface area (Å²) in [5, 5.41) is 5.29. The number of benzene rings is 1. The SMILES string of the molecule is COc1cc(CC(=O)Nc2nc(C)cs2)c(OC)cc1C. The van der Waals surface area contributed by atoms with Gasteiger partial charge in [0.05, 0.1) is 26.3 Å². The van der Waals surface area contributed by atoms with Crippen LogP contribution < -0.4 is 14.8 Å². The molecule has 1 amide bonds. The lowest BCUT2D eigenvalue weighted by Gasteiger charge is -2.12. The number of anilines is 1. The van der Waals surface area contributed by atoms with E-state index in [-0.39, 0.29) is 12.3 Å². The van der Waals surface area contributed by atoms with Crippen LogP contribution in [-0.4, -0.2) is 25.1 Å². The first-order chi connectivity index (χ1) is 10.0. The Hall–Kier alpha value is -2.08. The van der Waals surface area contributed by atoms with E-state index in [0.717, 1.165) is 22.6 Å². The number of amides is 1. The Labute approximate surface area is 127 Å². The minimum absolute atomic E-state index is 0.131. The van der Waals surface area contributed by atoms with E-state index >= 15 is 0 Å². The summed E-state index contributed by atoms with van der Waals surface area (Å²) in [5.41, 5.74) is 2.64. The molecule has 0 spiro atoms. The van der Waals surface area contributed by atoms with Crippen molar-refractivity contribution < 1.29 is 14.3 Å². The number of rotatable bonds is 5. The van der Waals surface area contributed by atoms with Crippen LogP contribution in [0, 0.1) is 13.8 Å². The van der Waals surface area contributed by atoms with Gasteiger partial charge in [0, 0.05) is 10.9 Å². The zero-order valence-corrected chi connectivity index (χ0v) is 13.3. The normalized spacial score (nSPS) is 10.3. The van der Waals surface area contributed by atoms with E-state index < -0.39 is 0 Å². The van der Waals surface area contributed by atoms with Crippen LogP contribution in [0.1, 0.15) is 16.8 Å². The lowest BCUT2D eigenvalue weighted by Crippen LogP contribution is -2.15. The van der Waals surface area contributed by atoms with Gasteiger partial charge in [-0.2, -0.15) is 0 Å². The molecule has 0 bridgehead atoms. The van der Waals surface area contributed by atoms with Crippen molar-refractivity contribution in [3.63, 3.8) is 0 Å². The van der Waals surface area contributed by atoms with Gasteiger partial charge in [0.15, 0.2) is 5.13 Å². The highest BCUT2D eigenvalue weighted by atomic mass is 32.1. The first kappa shape index (κ1) is 15.3. The fourth-order valence-electron chi connectivity index (χ4n) is 2.00. The molecule has 0 aliphatic rings. The van der Waals surface area contributed by atoms with E-state index in [1.54, 1.807) is 14.2 Å². The van der Waals surface area contributed by atoms with Gasteiger partial charge in [0.25, 0.3) is 0 Å². The number of aryl methyl sites for hydroxylation is 2. The third-order valence-corrected chi connectivity index (χ3v) is 3.89. The van der Waals surface area contributed by atoms with Crippen LogP contribution in [-0.2, 0) is 11.2 Å². The Morgan fingerprint density at radius 3 is 2.52 bits per heavy atom. The maximum Gasteiger partial charge on any atom is 0.230 e. The highest BCUT2D eigenvalue weighted by Gasteiger charge is 2.13. The summed E-state index contributed by atoms with van der Waals surface area (Å²) in [5.74, 6) is 1.29. The standard InChI is InChI=1S/C15H18N2O3S/c1-9-5-13(20-4)11(6-12(9)19-3)7-14(18)17-15-16-10(2)8-21-15/h5-6,8H,7H2,1-4H3,(H,16,17,18). The van der Waals surface area contributed by atoms with Gasteiger partial charge in [-0.25, -0.2) is 4.98 Å². The first-order valence-corrected chi connectivity index (χ1v) is 7.35. The molecule has 0 aliphatic heterocycles. The lowest BCUT2D eigenvalue weighted by atomic mass is 10.1. The van der Waals surface area contributed by atoms with Gasteiger partial charge in [0.1, 0.15) is 11.5 Å². The molecule has 112 valence electrons. The molecule has 0 radical (unpaired) electrons. The van der Waals surface area contributed by atoms with E-state index in [4.69, 9.17) is 9.47 Å². The Morgan fingerprint density at radius 2 is 1.95 bits per heavy atom. The molecule has 0 atom stereocenters. The zero-order chi connectivity index (χ0) is 15.4. The van der Waals surface area contributed by atoms with Crippen molar-refractivity contribution in [2.24, 2.45) is 0 Å². The molecule has 0 aliphatic carbocycles. The highest BCUT2D eigenvalue weighted by molar-refractivity contribution is 7.13. The van der Waals surface area contributed by atoms with Crippen molar-refractivity contribution in [2.45, 2.75) is 20.3 Å². The molecule has 0 saturated carbocycles. The monoisotopic (exact) mass is 306 g/mol. The average Bonchev–Trinajstić information content (AvgIpc) is 2.85. The van der Waals surface area contributed by atoms with Crippen molar-refractivity contribution in [2.75, 3.05) is 19.5 Å². The second kappa shape index (κ2) is 6.58. The summed E-state index contributed by atoms with van der Waals surface area (Å²) >= 11 is 1.41. The van der Waals surface area contributed by atoms with Crippen LogP contribution in [0.5, 0.6) is 11.5 Å². The van der Waals surface area contributed by atoms with Crippen LogP contribution in [0.4, 0.5) is 5.13 Å². The molecule has 0 fully saturated rings. The Kier molecular flexibility index (Phi) is 4.80. The number of carbonyl (C=O) groups is 1. The van der Waals surface area contributed by atoms with Gasteiger partial charge in [-0.3, -0.25) is 4.79 Å². The number of thiazole rings is 1. The van der Waals surface area contributed by atoms with Crippen molar-refractivity contribution in [1.29, 1.82) is 0 Å². The molecule has 1 aromatic heterocycles.